The predicted octanol–water partition coefficient (Wildman–Crippen LogP) is 1.50. The summed E-state index contributed by atoms with van der Waals surface area (Å²) in [5, 5.41) is 21.0. The van der Waals surface area contributed by atoms with E-state index >= 15 is 0 Å². The number of aliphatic hydroxyl groups is 1. The van der Waals surface area contributed by atoms with Gasteiger partial charge in [0.25, 0.3) is 0 Å². The Kier molecular flexibility index (Phi) is 3.33. The molecule has 0 spiro atoms. The van der Waals surface area contributed by atoms with Crippen molar-refractivity contribution in [2.75, 3.05) is 12.4 Å². The fourth-order valence-corrected chi connectivity index (χ4v) is 1.30. The lowest BCUT2D eigenvalue weighted by molar-refractivity contribution is -0.146. The van der Waals surface area contributed by atoms with Gasteiger partial charge < -0.3 is 15.5 Å². The zero-order chi connectivity index (χ0) is 10.7. The molecule has 0 radical (unpaired) electrons. The molecule has 0 aliphatic rings. The second kappa shape index (κ2) is 4.30. The number of anilines is 1. The Morgan fingerprint density at radius 1 is 1.50 bits per heavy atom. The number of hydrogen-bond acceptors (Lipinski definition) is 3. The molecule has 0 fully saturated rings. The van der Waals surface area contributed by atoms with Crippen molar-refractivity contribution in [3.8, 4) is 0 Å². The number of aliphatic hydroxyl groups excluding tert-OH is 1. The van der Waals surface area contributed by atoms with E-state index in [4.69, 9.17) is 16.7 Å². The zero-order valence-corrected chi connectivity index (χ0v) is 8.25. The Bertz CT molecular complexity index is 354. The number of carbonyl (C=O) groups is 1. The second-order valence-corrected chi connectivity index (χ2v) is 3.20. The van der Waals surface area contributed by atoms with E-state index in [0.29, 0.717) is 10.7 Å². The van der Waals surface area contributed by atoms with Crippen molar-refractivity contribution in [2.24, 2.45) is 0 Å². The maximum Gasteiger partial charge on any atom is 0.337 e. The van der Waals surface area contributed by atoms with Gasteiger partial charge in [0, 0.05) is 17.8 Å². The molecule has 1 aromatic rings. The van der Waals surface area contributed by atoms with Gasteiger partial charge in [0.05, 0.1) is 0 Å². The van der Waals surface area contributed by atoms with Gasteiger partial charge in [-0.05, 0) is 23.8 Å². The van der Waals surface area contributed by atoms with Crippen molar-refractivity contribution in [1.82, 2.24) is 0 Å². The highest BCUT2D eigenvalue weighted by molar-refractivity contribution is 6.31. The summed E-state index contributed by atoms with van der Waals surface area (Å²) in [6.45, 7) is 0. The summed E-state index contributed by atoms with van der Waals surface area (Å²) in [5.74, 6) is -1.30. The highest BCUT2D eigenvalue weighted by Crippen LogP contribution is 2.23. The van der Waals surface area contributed by atoms with Gasteiger partial charge in [-0.25, -0.2) is 4.79 Å². The van der Waals surface area contributed by atoms with E-state index in [0.717, 1.165) is 0 Å². The number of aliphatic carboxylic acids is 1. The van der Waals surface area contributed by atoms with Gasteiger partial charge in [-0.1, -0.05) is 11.6 Å². The quantitative estimate of drug-likeness (QED) is 0.715. The molecule has 0 saturated carbocycles. The minimum atomic E-state index is -1.54. The van der Waals surface area contributed by atoms with E-state index < -0.39 is 12.1 Å². The largest absolute Gasteiger partial charge is 0.479 e. The molecule has 0 aliphatic heterocycles. The number of benzene rings is 1. The van der Waals surface area contributed by atoms with Crippen molar-refractivity contribution >= 4 is 23.3 Å². The summed E-state index contributed by atoms with van der Waals surface area (Å²) < 4.78 is 0. The van der Waals surface area contributed by atoms with E-state index in [-0.39, 0.29) is 5.56 Å². The minimum Gasteiger partial charge on any atom is -0.479 e. The Morgan fingerprint density at radius 3 is 2.64 bits per heavy atom. The molecule has 1 rings (SSSR count). The molecule has 3 N–H and O–H groups in total. The van der Waals surface area contributed by atoms with Crippen LogP contribution in [-0.2, 0) is 4.79 Å². The molecule has 76 valence electrons. The van der Waals surface area contributed by atoms with Crippen LogP contribution in [0.4, 0.5) is 5.69 Å². The van der Waals surface area contributed by atoms with Crippen molar-refractivity contribution in [2.45, 2.75) is 6.10 Å². The molecular formula is C9H10ClNO3. The topological polar surface area (TPSA) is 69.6 Å². The third kappa shape index (κ3) is 2.37. The van der Waals surface area contributed by atoms with E-state index in [1.807, 2.05) is 0 Å². The Labute approximate surface area is 86.1 Å². The van der Waals surface area contributed by atoms with Crippen molar-refractivity contribution in [1.29, 1.82) is 0 Å². The molecule has 1 unspecified atom stereocenters. The van der Waals surface area contributed by atoms with Crippen LogP contribution in [0.2, 0.25) is 5.02 Å². The van der Waals surface area contributed by atoms with E-state index in [2.05, 4.69) is 5.32 Å². The van der Waals surface area contributed by atoms with Crippen molar-refractivity contribution < 1.29 is 15.0 Å². The van der Waals surface area contributed by atoms with Gasteiger partial charge in [0.2, 0.25) is 0 Å². The highest BCUT2D eigenvalue weighted by Gasteiger charge is 2.16. The Morgan fingerprint density at radius 2 is 2.14 bits per heavy atom. The standard InChI is InChI=1S/C9H10ClNO3/c1-11-7-3-5(2-6(10)4-7)8(12)9(13)14/h2-4,8,11-12H,1H3,(H,13,14). The van der Waals surface area contributed by atoms with E-state index in [1.165, 1.54) is 12.1 Å². The van der Waals surface area contributed by atoms with Gasteiger partial charge in [-0.15, -0.1) is 0 Å². The molecule has 0 amide bonds. The number of nitrogens with one attached hydrogen (secondary N) is 1. The summed E-state index contributed by atoms with van der Waals surface area (Å²) in [6, 6.07) is 4.59. The molecule has 0 aromatic heterocycles. The van der Waals surface area contributed by atoms with Crippen molar-refractivity contribution in [3.05, 3.63) is 28.8 Å². The zero-order valence-electron chi connectivity index (χ0n) is 7.49. The highest BCUT2D eigenvalue weighted by atomic mass is 35.5. The van der Waals surface area contributed by atoms with Crippen LogP contribution in [0.15, 0.2) is 18.2 Å². The number of carboxylic acids is 1. The Balaban J connectivity index is 3.08. The lowest BCUT2D eigenvalue weighted by atomic mass is 10.1. The third-order valence-electron chi connectivity index (χ3n) is 1.76. The van der Waals surface area contributed by atoms with Crippen LogP contribution in [0.1, 0.15) is 11.7 Å². The first-order chi connectivity index (χ1) is 6.54. The van der Waals surface area contributed by atoms with E-state index in [9.17, 15) is 9.90 Å². The minimum absolute atomic E-state index is 0.259. The summed E-state index contributed by atoms with van der Waals surface area (Å²) in [5.41, 5.74) is 0.919. The molecule has 0 aliphatic carbocycles. The molecule has 4 nitrogen and oxygen atoms in total. The maximum atomic E-state index is 10.5. The van der Waals surface area contributed by atoms with Crippen LogP contribution in [0.25, 0.3) is 0 Å². The fourth-order valence-electron chi connectivity index (χ4n) is 1.06. The predicted molar refractivity (Wildman–Crippen MR) is 53.6 cm³/mol. The molecule has 0 heterocycles. The first-order valence-corrected chi connectivity index (χ1v) is 4.31. The number of hydrogen-bond donors (Lipinski definition) is 3. The van der Waals surface area contributed by atoms with Gasteiger partial charge in [-0.3, -0.25) is 0 Å². The smallest absolute Gasteiger partial charge is 0.337 e. The van der Waals surface area contributed by atoms with Gasteiger partial charge in [0.15, 0.2) is 6.10 Å². The first-order valence-electron chi connectivity index (χ1n) is 3.93. The lowest BCUT2D eigenvalue weighted by Gasteiger charge is -2.08. The normalized spacial score (nSPS) is 12.2. The van der Waals surface area contributed by atoms with Gasteiger partial charge in [0.1, 0.15) is 0 Å². The fraction of sp³-hybridized carbons (Fsp3) is 0.222. The van der Waals surface area contributed by atoms with Gasteiger partial charge >= 0.3 is 5.97 Å². The molecule has 0 bridgehead atoms. The number of carboxylic acid groups (broad SMARTS) is 1. The first kappa shape index (κ1) is 10.8. The van der Waals surface area contributed by atoms with Crippen LogP contribution in [0.3, 0.4) is 0 Å². The molecule has 1 atom stereocenters. The number of rotatable bonds is 3. The molecule has 1 aromatic carbocycles. The van der Waals surface area contributed by atoms with Crippen LogP contribution >= 0.6 is 11.6 Å². The summed E-state index contributed by atoms with van der Waals surface area (Å²) >= 11 is 5.73. The third-order valence-corrected chi connectivity index (χ3v) is 1.98. The van der Waals surface area contributed by atoms with Crippen LogP contribution < -0.4 is 5.32 Å². The summed E-state index contributed by atoms with van der Waals surface area (Å²) in [4.78, 5) is 10.5. The lowest BCUT2D eigenvalue weighted by Crippen LogP contribution is -2.10. The SMILES string of the molecule is CNc1cc(Cl)cc(C(O)C(=O)O)c1. The van der Waals surface area contributed by atoms with Crippen molar-refractivity contribution in [3.63, 3.8) is 0 Å². The molecular weight excluding hydrogens is 206 g/mol. The van der Waals surface area contributed by atoms with Crippen LogP contribution in [-0.4, -0.2) is 23.2 Å². The van der Waals surface area contributed by atoms with Crippen LogP contribution in [0, 0.1) is 0 Å². The van der Waals surface area contributed by atoms with Gasteiger partial charge in [-0.2, -0.15) is 0 Å². The second-order valence-electron chi connectivity index (χ2n) is 2.76. The Hall–Kier alpha value is -1.26. The molecule has 0 saturated heterocycles. The average molecular weight is 216 g/mol. The van der Waals surface area contributed by atoms with E-state index in [1.54, 1.807) is 13.1 Å². The average Bonchev–Trinajstić information content (AvgIpc) is 2.15. The van der Waals surface area contributed by atoms with Crippen LogP contribution in [0.5, 0.6) is 0 Å². The summed E-state index contributed by atoms with van der Waals surface area (Å²) in [7, 11) is 1.68. The number of halogens is 1. The monoisotopic (exact) mass is 215 g/mol. The molecule has 14 heavy (non-hydrogen) atoms. The maximum absolute atomic E-state index is 10.5. The summed E-state index contributed by atoms with van der Waals surface area (Å²) in [6.07, 6.45) is -1.54. The molecule has 5 heteroatoms.